The summed E-state index contributed by atoms with van der Waals surface area (Å²) in [6, 6.07) is 19.5. The predicted octanol–water partition coefficient (Wildman–Crippen LogP) is 3.54. The molecule has 0 aromatic heterocycles. The van der Waals surface area contributed by atoms with Crippen molar-refractivity contribution in [3.8, 4) is 11.5 Å². The maximum atomic E-state index is 12.2. The summed E-state index contributed by atoms with van der Waals surface area (Å²) in [5.41, 5.74) is 1.99. The van der Waals surface area contributed by atoms with Crippen LogP contribution in [0.3, 0.4) is 0 Å². The second-order valence-electron chi connectivity index (χ2n) is 6.35. The van der Waals surface area contributed by atoms with Crippen molar-refractivity contribution < 1.29 is 22.7 Å². The molecule has 7 nitrogen and oxygen atoms in total. The molecule has 8 heteroatoms. The van der Waals surface area contributed by atoms with Gasteiger partial charge in [-0.3, -0.25) is 0 Å². The summed E-state index contributed by atoms with van der Waals surface area (Å²) in [6.45, 7) is 1.87. The van der Waals surface area contributed by atoms with Crippen LogP contribution in [-0.2, 0) is 10.0 Å². The van der Waals surface area contributed by atoms with Crippen molar-refractivity contribution in [1.82, 2.24) is 4.83 Å². The van der Waals surface area contributed by atoms with Crippen LogP contribution in [0.1, 0.15) is 21.5 Å². The monoisotopic (exact) mass is 424 g/mol. The molecule has 1 N–H and O–H groups in total. The Labute approximate surface area is 175 Å². The molecule has 0 bridgehead atoms. The van der Waals surface area contributed by atoms with Crippen molar-refractivity contribution in [2.75, 3.05) is 7.11 Å². The molecule has 3 rings (SSSR count). The third-order valence-corrected chi connectivity index (χ3v) is 5.37. The molecule has 0 aliphatic carbocycles. The molecular formula is C22H20N2O5S. The van der Waals surface area contributed by atoms with Gasteiger partial charge in [0, 0.05) is 0 Å². The fraction of sp³-hybridized carbons (Fsp3) is 0.0909. The van der Waals surface area contributed by atoms with Crippen LogP contribution in [-0.4, -0.2) is 27.7 Å². The van der Waals surface area contributed by atoms with Crippen molar-refractivity contribution in [3.63, 3.8) is 0 Å². The first-order valence-corrected chi connectivity index (χ1v) is 10.4. The van der Waals surface area contributed by atoms with Crippen LogP contribution in [0.25, 0.3) is 0 Å². The van der Waals surface area contributed by atoms with Crippen LogP contribution in [0.15, 0.2) is 82.8 Å². The van der Waals surface area contributed by atoms with Gasteiger partial charge < -0.3 is 9.47 Å². The highest BCUT2D eigenvalue weighted by Gasteiger charge is 2.12. The molecule has 0 aliphatic heterocycles. The maximum absolute atomic E-state index is 12.2. The Morgan fingerprint density at radius 3 is 2.10 bits per heavy atom. The topological polar surface area (TPSA) is 94.1 Å². The smallest absolute Gasteiger partial charge is 0.343 e. The molecule has 154 valence electrons. The number of sulfonamides is 1. The molecule has 0 heterocycles. The van der Waals surface area contributed by atoms with E-state index in [4.69, 9.17) is 9.47 Å². The summed E-state index contributed by atoms with van der Waals surface area (Å²) < 4.78 is 34.8. The number of aryl methyl sites for hydroxylation is 1. The largest absolute Gasteiger partial charge is 0.497 e. The third-order valence-electron chi connectivity index (χ3n) is 4.13. The van der Waals surface area contributed by atoms with E-state index < -0.39 is 16.0 Å². The van der Waals surface area contributed by atoms with Crippen molar-refractivity contribution in [3.05, 3.63) is 89.5 Å². The van der Waals surface area contributed by atoms with Gasteiger partial charge in [-0.15, -0.1) is 0 Å². The Morgan fingerprint density at radius 1 is 0.900 bits per heavy atom. The minimum absolute atomic E-state index is 0.131. The molecule has 0 amide bonds. The highest BCUT2D eigenvalue weighted by molar-refractivity contribution is 7.89. The van der Waals surface area contributed by atoms with Gasteiger partial charge in [-0.1, -0.05) is 17.7 Å². The SMILES string of the molecule is COc1ccc(C(=O)Oc2ccc(C=NNS(=O)(=O)c3ccc(C)cc3)cc2)cc1. The fourth-order valence-corrected chi connectivity index (χ4v) is 3.25. The Kier molecular flexibility index (Phi) is 6.48. The van der Waals surface area contributed by atoms with Gasteiger partial charge in [0.2, 0.25) is 0 Å². The number of rotatable bonds is 7. The molecule has 0 fully saturated rings. The lowest BCUT2D eigenvalue weighted by Gasteiger charge is -2.06. The van der Waals surface area contributed by atoms with E-state index in [1.165, 1.54) is 18.3 Å². The van der Waals surface area contributed by atoms with Gasteiger partial charge in [0.15, 0.2) is 0 Å². The minimum Gasteiger partial charge on any atom is -0.497 e. The first-order valence-electron chi connectivity index (χ1n) is 8.95. The molecule has 3 aromatic carbocycles. The Balaban J connectivity index is 1.59. The second-order valence-corrected chi connectivity index (χ2v) is 8.01. The standard InChI is InChI=1S/C22H20N2O5S/c1-16-3-13-21(14-4-16)30(26,27)24-23-15-17-5-9-20(10-6-17)29-22(25)18-7-11-19(28-2)12-8-18/h3-15,24H,1-2H3. The normalized spacial score (nSPS) is 11.3. The summed E-state index contributed by atoms with van der Waals surface area (Å²) in [4.78, 5) is 14.5. The Morgan fingerprint density at radius 2 is 1.50 bits per heavy atom. The fourth-order valence-electron chi connectivity index (χ4n) is 2.46. The number of nitrogens with one attached hydrogen (secondary N) is 1. The van der Waals surface area contributed by atoms with Gasteiger partial charge >= 0.3 is 5.97 Å². The molecule has 0 atom stereocenters. The average Bonchev–Trinajstić information content (AvgIpc) is 2.75. The van der Waals surface area contributed by atoms with E-state index in [0.717, 1.165) is 5.56 Å². The number of hydrogen-bond acceptors (Lipinski definition) is 6. The maximum Gasteiger partial charge on any atom is 0.343 e. The van der Waals surface area contributed by atoms with Crippen LogP contribution in [0, 0.1) is 6.92 Å². The molecular weight excluding hydrogens is 404 g/mol. The zero-order valence-corrected chi connectivity index (χ0v) is 17.2. The van der Waals surface area contributed by atoms with Gasteiger partial charge in [-0.05, 0) is 73.2 Å². The Bertz CT molecular complexity index is 1140. The zero-order chi connectivity index (χ0) is 21.6. The summed E-state index contributed by atoms with van der Waals surface area (Å²) in [6.07, 6.45) is 1.36. The van der Waals surface area contributed by atoms with Gasteiger partial charge in [-0.2, -0.15) is 13.5 Å². The van der Waals surface area contributed by atoms with E-state index in [2.05, 4.69) is 9.93 Å². The molecule has 0 saturated heterocycles. The molecule has 0 unspecified atom stereocenters. The van der Waals surface area contributed by atoms with Crippen LogP contribution < -0.4 is 14.3 Å². The van der Waals surface area contributed by atoms with E-state index in [1.54, 1.807) is 67.8 Å². The van der Waals surface area contributed by atoms with E-state index in [9.17, 15) is 13.2 Å². The first kappa shape index (κ1) is 21.1. The third kappa shape index (κ3) is 5.45. The molecule has 0 radical (unpaired) electrons. The van der Waals surface area contributed by atoms with E-state index >= 15 is 0 Å². The molecule has 3 aromatic rings. The zero-order valence-electron chi connectivity index (χ0n) is 16.4. The van der Waals surface area contributed by atoms with Crippen molar-refractivity contribution in [1.29, 1.82) is 0 Å². The van der Waals surface area contributed by atoms with Crippen LogP contribution in [0.2, 0.25) is 0 Å². The van der Waals surface area contributed by atoms with Gasteiger partial charge in [0.1, 0.15) is 11.5 Å². The number of benzene rings is 3. The number of methoxy groups -OCH3 is 1. The number of hydrazone groups is 1. The van der Waals surface area contributed by atoms with Gasteiger partial charge in [0.05, 0.1) is 23.8 Å². The lowest BCUT2D eigenvalue weighted by atomic mass is 10.2. The van der Waals surface area contributed by atoms with Crippen LogP contribution >= 0.6 is 0 Å². The number of carbonyl (C=O) groups excluding carboxylic acids is 1. The molecule has 0 spiro atoms. The predicted molar refractivity (Wildman–Crippen MR) is 113 cm³/mol. The highest BCUT2D eigenvalue weighted by atomic mass is 32.2. The van der Waals surface area contributed by atoms with Gasteiger partial charge in [-0.25, -0.2) is 9.63 Å². The van der Waals surface area contributed by atoms with Crippen LogP contribution in [0.5, 0.6) is 11.5 Å². The molecule has 0 saturated carbocycles. The summed E-state index contributed by atoms with van der Waals surface area (Å²) >= 11 is 0. The van der Waals surface area contributed by atoms with E-state index in [1.807, 2.05) is 6.92 Å². The molecule has 30 heavy (non-hydrogen) atoms. The highest BCUT2D eigenvalue weighted by Crippen LogP contribution is 2.16. The lowest BCUT2D eigenvalue weighted by molar-refractivity contribution is 0.0734. The number of hydrogen-bond donors (Lipinski definition) is 1. The first-order chi connectivity index (χ1) is 14.4. The Hall–Kier alpha value is -3.65. The number of esters is 1. The van der Waals surface area contributed by atoms with E-state index in [0.29, 0.717) is 22.6 Å². The van der Waals surface area contributed by atoms with Crippen molar-refractivity contribution >= 4 is 22.2 Å². The lowest BCUT2D eigenvalue weighted by Crippen LogP contribution is -2.18. The number of carbonyl (C=O) groups is 1. The average molecular weight is 424 g/mol. The quantitative estimate of drug-likeness (QED) is 0.271. The second kappa shape index (κ2) is 9.23. The van der Waals surface area contributed by atoms with E-state index in [-0.39, 0.29) is 4.90 Å². The summed E-state index contributed by atoms with van der Waals surface area (Å²) in [5, 5.41) is 3.78. The summed E-state index contributed by atoms with van der Waals surface area (Å²) in [5.74, 6) is 0.506. The van der Waals surface area contributed by atoms with Crippen LogP contribution in [0.4, 0.5) is 0 Å². The van der Waals surface area contributed by atoms with Crippen molar-refractivity contribution in [2.24, 2.45) is 5.10 Å². The number of nitrogens with zero attached hydrogens (tertiary/aromatic N) is 1. The molecule has 0 aliphatic rings. The minimum atomic E-state index is -3.73. The number of ether oxygens (including phenoxy) is 2. The van der Waals surface area contributed by atoms with Crippen molar-refractivity contribution in [2.45, 2.75) is 11.8 Å². The van der Waals surface area contributed by atoms with Gasteiger partial charge in [0.25, 0.3) is 10.0 Å². The summed E-state index contributed by atoms with van der Waals surface area (Å²) in [7, 11) is -2.19.